The largest absolute Gasteiger partial charge is 0.480 e. The summed E-state index contributed by atoms with van der Waals surface area (Å²) in [5, 5.41) is 17.0. The van der Waals surface area contributed by atoms with Crippen LogP contribution in [0.4, 0.5) is 0 Å². The van der Waals surface area contributed by atoms with Crippen molar-refractivity contribution in [2.45, 2.75) is 75.5 Å². The highest BCUT2D eigenvalue weighted by molar-refractivity contribution is 5.94. The van der Waals surface area contributed by atoms with E-state index in [2.05, 4.69) is 30.9 Å². The molecular formula is C23H41N11O6. The normalized spacial score (nSPS) is 13.8. The Balaban J connectivity index is 3.02. The number of unbranched alkanes of at least 4 members (excludes halogenated alkanes) is 1. The third-order valence-corrected chi connectivity index (χ3v) is 5.79. The van der Waals surface area contributed by atoms with Crippen molar-refractivity contribution in [1.82, 2.24) is 25.9 Å². The average Bonchev–Trinajstić information content (AvgIpc) is 3.40. The molecular weight excluding hydrogens is 526 g/mol. The number of nitrogens with zero attached hydrogens (tertiary/aromatic N) is 2. The Kier molecular flexibility index (Phi) is 15.3. The smallest absolute Gasteiger partial charge is 0.326 e. The predicted molar refractivity (Wildman–Crippen MR) is 145 cm³/mol. The molecule has 4 amide bonds. The van der Waals surface area contributed by atoms with Gasteiger partial charge in [0.15, 0.2) is 5.96 Å². The van der Waals surface area contributed by atoms with Crippen molar-refractivity contribution in [3.05, 3.63) is 18.2 Å². The maximum absolute atomic E-state index is 13.3. The number of nitrogens with two attached hydrogens (primary N) is 5. The van der Waals surface area contributed by atoms with Crippen LogP contribution in [0.1, 0.15) is 50.6 Å². The molecule has 0 aliphatic heterocycles. The Hall–Kier alpha value is -4.25. The third-order valence-electron chi connectivity index (χ3n) is 5.79. The molecule has 40 heavy (non-hydrogen) atoms. The van der Waals surface area contributed by atoms with Gasteiger partial charge in [-0.15, -0.1) is 0 Å². The molecule has 0 aromatic carbocycles. The molecule has 4 atom stereocenters. The first-order chi connectivity index (χ1) is 18.9. The Morgan fingerprint density at radius 2 is 1.55 bits per heavy atom. The molecule has 17 nitrogen and oxygen atoms in total. The second kappa shape index (κ2) is 18.1. The van der Waals surface area contributed by atoms with Crippen LogP contribution in [0, 0.1) is 0 Å². The molecule has 1 aromatic rings. The number of amides is 4. The highest BCUT2D eigenvalue weighted by Gasteiger charge is 2.30. The number of carboxylic acids is 1. The number of rotatable bonds is 20. The monoisotopic (exact) mass is 567 g/mol. The Morgan fingerprint density at radius 3 is 2.12 bits per heavy atom. The number of guanidine groups is 1. The molecule has 0 radical (unpaired) electrons. The number of aliphatic imine (C=N–C) groups is 1. The van der Waals surface area contributed by atoms with Gasteiger partial charge < -0.3 is 54.7 Å². The summed E-state index contributed by atoms with van der Waals surface area (Å²) in [4.78, 5) is 72.6. The van der Waals surface area contributed by atoms with Gasteiger partial charge in [0.1, 0.15) is 18.1 Å². The van der Waals surface area contributed by atoms with Gasteiger partial charge in [-0.25, -0.2) is 9.78 Å². The van der Waals surface area contributed by atoms with Crippen LogP contribution in [0.5, 0.6) is 0 Å². The van der Waals surface area contributed by atoms with E-state index in [0.717, 1.165) is 0 Å². The van der Waals surface area contributed by atoms with E-state index in [9.17, 15) is 29.1 Å². The lowest BCUT2D eigenvalue weighted by Gasteiger charge is -2.25. The topological polar surface area (TPSA) is 313 Å². The third kappa shape index (κ3) is 13.5. The number of aliphatic carboxylic acids is 1. The molecule has 1 heterocycles. The molecule has 0 fully saturated rings. The van der Waals surface area contributed by atoms with Gasteiger partial charge in [-0.3, -0.25) is 24.2 Å². The maximum Gasteiger partial charge on any atom is 0.326 e. The zero-order valence-electron chi connectivity index (χ0n) is 22.3. The quantitative estimate of drug-likeness (QED) is 0.0414. The molecule has 0 spiro atoms. The first-order valence-electron chi connectivity index (χ1n) is 12.8. The van der Waals surface area contributed by atoms with Crippen molar-refractivity contribution >= 4 is 35.6 Å². The Bertz CT molecular complexity index is 997. The van der Waals surface area contributed by atoms with E-state index >= 15 is 0 Å². The molecule has 0 bridgehead atoms. The fourth-order valence-electron chi connectivity index (χ4n) is 3.60. The van der Waals surface area contributed by atoms with Crippen molar-refractivity contribution in [2.24, 2.45) is 33.7 Å². The van der Waals surface area contributed by atoms with E-state index in [0.29, 0.717) is 31.5 Å². The molecule has 0 aliphatic rings. The van der Waals surface area contributed by atoms with E-state index < -0.39 is 53.8 Å². The van der Waals surface area contributed by atoms with Crippen LogP contribution in [0.15, 0.2) is 17.5 Å². The van der Waals surface area contributed by atoms with Crippen LogP contribution < -0.4 is 44.6 Å². The van der Waals surface area contributed by atoms with Gasteiger partial charge in [-0.05, 0) is 38.6 Å². The van der Waals surface area contributed by atoms with Crippen LogP contribution in [-0.2, 0) is 30.4 Å². The predicted octanol–water partition coefficient (Wildman–Crippen LogP) is -3.73. The molecule has 0 aliphatic carbocycles. The van der Waals surface area contributed by atoms with Gasteiger partial charge in [-0.1, -0.05) is 6.42 Å². The summed E-state index contributed by atoms with van der Waals surface area (Å²) in [7, 11) is 0. The number of carboxylic acid groups (broad SMARTS) is 1. The number of aromatic amines is 1. The van der Waals surface area contributed by atoms with Gasteiger partial charge in [0.25, 0.3) is 0 Å². The molecule has 0 saturated carbocycles. The van der Waals surface area contributed by atoms with Gasteiger partial charge in [0.2, 0.25) is 23.6 Å². The van der Waals surface area contributed by atoms with Crippen LogP contribution in [-0.4, -0.2) is 87.9 Å². The summed E-state index contributed by atoms with van der Waals surface area (Å²) in [5.41, 5.74) is 27.7. The van der Waals surface area contributed by atoms with Crippen LogP contribution in [0.25, 0.3) is 0 Å². The Morgan fingerprint density at radius 1 is 0.900 bits per heavy atom. The first-order valence-corrected chi connectivity index (χ1v) is 12.8. The van der Waals surface area contributed by atoms with Crippen LogP contribution >= 0.6 is 0 Å². The van der Waals surface area contributed by atoms with Gasteiger partial charge >= 0.3 is 5.97 Å². The number of hydrogen-bond donors (Lipinski definition) is 10. The van der Waals surface area contributed by atoms with E-state index in [1.165, 1.54) is 12.5 Å². The summed E-state index contributed by atoms with van der Waals surface area (Å²) in [6.07, 6.45) is 4.26. The Labute approximate surface area is 231 Å². The standard InChI is InChI=1S/C23H41N11O6/c24-8-2-1-4-14(25)19(36)34-17(10-13-11-29-12-31-13)21(38)32-15(6-7-18(26)35)20(37)33-16(22(39)40)5-3-9-30-23(27)28/h11-12,14-17H,1-10,24-25H2,(H2,26,35)(H,29,31)(H,32,38)(H,33,37)(H,34,36)(H,39,40)(H4,27,28,30). The number of imidazole rings is 1. The minimum Gasteiger partial charge on any atom is -0.480 e. The summed E-state index contributed by atoms with van der Waals surface area (Å²) in [5.74, 6) is -4.40. The number of aromatic nitrogens is 2. The summed E-state index contributed by atoms with van der Waals surface area (Å²) in [6.45, 7) is 0.597. The number of nitrogens with one attached hydrogen (secondary N) is 4. The van der Waals surface area contributed by atoms with E-state index in [1.807, 2.05) is 0 Å². The van der Waals surface area contributed by atoms with Crippen molar-refractivity contribution < 1.29 is 29.1 Å². The number of H-pyrrole nitrogens is 1. The highest BCUT2D eigenvalue weighted by Crippen LogP contribution is 2.06. The summed E-state index contributed by atoms with van der Waals surface area (Å²) < 4.78 is 0. The fourth-order valence-corrected chi connectivity index (χ4v) is 3.60. The first kappa shape index (κ1) is 33.8. The fraction of sp³-hybridized carbons (Fsp3) is 0.609. The summed E-state index contributed by atoms with van der Waals surface area (Å²) >= 11 is 0. The second-order valence-corrected chi connectivity index (χ2v) is 9.15. The van der Waals surface area contributed by atoms with Crippen LogP contribution in [0.3, 0.4) is 0 Å². The zero-order chi connectivity index (χ0) is 30.1. The second-order valence-electron chi connectivity index (χ2n) is 9.15. The molecule has 1 rings (SSSR count). The molecule has 15 N–H and O–H groups in total. The minimum absolute atomic E-state index is 0.00507. The van der Waals surface area contributed by atoms with E-state index in [-0.39, 0.29) is 44.6 Å². The summed E-state index contributed by atoms with van der Waals surface area (Å²) in [6, 6.07) is -4.72. The minimum atomic E-state index is -1.33. The molecule has 1 aromatic heterocycles. The van der Waals surface area contributed by atoms with Crippen molar-refractivity contribution in [3.8, 4) is 0 Å². The van der Waals surface area contributed by atoms with Crippen molar-refractivity contribution in [1.29, 1.82) is 0 Å². The highest BCUT2D eigenvalue weighted by atomic mass is 16.4. The number of carbonyl (C=O) groups is 5. The maximum atomic E-state index is 13.3. The lowest BCUT2D eigenvalue weighted by atomic mass is 10.0. The van der Waals surface area contributed by atoms with E-state index in [1.54, 1.807) is 0 Å². The lowest BCUT2D eigenvalue weighted by molar-refractivity contribution is -0.142. The van der Waals surface area contributed by atoms with Crippen LogP contribution in [0.2, 0.25) is 0 Å². The van der Waals surface area contributed by atoms with Crippen molar-refractivity contribution in [3.63, 3.8) is 0 Å². The zero-order valence-corrected chi connectivity index (χ0v) is 22.3. The molecule has 224 valence electrons. The molecule has 4 unspecified atom stereocenters. The molecule has 0 saturated heterocycles. The average molecular weight is 568 g/mol. The SMILES string of the molecule is NCCCCC(N)C(=O)NC(Cc1cnc[nH]1)C(=O)NC(CCC(N)=O)C(=O)NC(CCCN=C(N)N)C(=O)O. The number of carbonyl (C=O) groups excluding carboxylic acids is 4. The van der Waals surface area contributed by atoms with Gasteiger partial charge in [0.05, 0.1) is 12.4 Å². The van der Waals surface area contributed by atoms with Gasteiger partial charge in [-0.2, -0.15) is 0 Å². The lowest BCUT2D eigenvalue weighted by Crippen LogP contribution is -2.57. The number of primary amides is 1. The molecule has 17 heteroatoms. The van der Waals surface area contributed by atoms with Crippen molar-refractivity contribution in [2.75, 3.05) is 13.1 Å². The van der Waals surface area contributed by atoms with E-state index in [4.69, 9.17) is 28.7 Å². The number of hydrogen-bond acceptors (Lipinski definition) is 9. The van der Waals surface area contributed by atoms with Gasteiger partial charge in [0, 0.05) is 31.3 Å².